The number of alkyl halides is 3. The fourth-order valence-corrected chi connectivity index (χ4v) is 1.78. The number of aryl methyl sites for hydroxylation is 1. The third kappa shape index (κ3) is 3.53. The molecule has 0 aromatic heterocycles. The zero-order valence-electron chi connectivity index (χ0n) is 10.9. The number of hydrogen-bond donors (Lipinski definition) is 1. The minimum absolute atomic E-state index is 0.253. The molecule has 1 N–H and O–H groups in total. The SMILES string of the molecule is Cc1cccc(Oc2ccc(C(=O)O)cc2C(F)(F)F)c1. The summed E-state index contributed by atoms with van der Waals surface area (Å²) in [5, 5.41) is 8.78. The number of carbonyl (C=O) groups is 1. The van der Waals surface area contributed by atoms with Gasteiger partial charge in [0.1, 0.15) is 11.5 Å². The Balaban J connectivity index is 2.45. The van der Waals surface area contributed by atoms with Crippen LogP contribution in [0, 0.1) is 6.92 Å². The fourth-order valence-electron chi connectivity index (χ4n) is 1.78. The van der Waals surface area contributed by atoms with Gasteiger partial charge in [0.05, 0.1) is 11.1 Å². The minimum atomic E-state index is -4.70. The number of carboxylic acid groups (broad SMARTS) is 1. The Kier molecular flexibility index (Phi) is 3.88. The molecule has 2 aromatic carbocycles. The van der Waals surface area contributed by atoms with Crippen molar-refractivity contribution in [3.63, 3.8) is 0 Å². The van der Waals surface area contributed by atoms with E-state index < -0.39 is 29.0 Å². The minimum Gasteiger partial charge on any atom is -0.478 e. The molecule has 2 aromatic rings. The lowest BCUT2D eigenvalue weighted by Gasteiger charge is -2.14. The van der Waals surface area contributed by atoms with Crippen molar-refractivity contribution in [2.45, 2.75) is 13.1 Å². The Hall–Kier alpha value is -2.50. The van der Waals surface area contributed by atoms with Gasteiger partial charge in [0, 0.05) is 0 Å². The number of hydrogen-bond acceptors (Lipinski definition) is 2. The lowest BCUT2D eigenvalue weighted by Crippen LogP contribution is -2.09. The van der Waals surface area contributed by atoms with E-state index in [1.54, 1.807) is 25.1 Å². The second kappa shape index (κ2) is 5.47. The first kappa shape index (κ1) is 14.9. The van der Waals surface area contributed by atoms with E-state index in [4.69, 9.17) is 9.84 Å². The van der Waals surface area contributed by atoms with E-state index >= 15 is 0 Å². The van der Waals surface area contributed by atoms with E-state index in [1.165, 1.54) is 6.07 Å². The van der Waals surface area contributed by atoms with Gasteiger partial charge < -0.3 is 9.84 Å². The molecule has 0 spiro atoms. The van der Waals surface area contributed by atoms with E-state index in [0.717, 1.165) is 17.7 Å². The molecule has 0 atom stereocenters. The Morgan fingerprint density at radius 2 is 1.86 bits per heavy atom. The standard InChI is InChI=1S/C15H11F3O3/c1-9-3-2-4-11(7-9)21-13-6-5-10(14(19)20)8-12(13)15(16,17)18/h2-8H,1H3,(H,19,20). The number of halogens is 3. The molecular formula is C15H11F3O3. The molecule has 0 saturated heterocycles. The lowest BCUT2D eigenvalue weighted by molar-refractivity contribution is -0.138. The van der Waals surface area contributed by atoms with Crippen LogP contribution >= 0.6 is 0 Å². The summed E-state index contributed by atoms with van der Waals surface area (Å²) in [6.45, 7) is 1.78. The van der Waals surface area contributed by atoms with Crippen molar-refractivity contribution in [1.29, 1.82) is 0 Å². The Morgan fingerprint density at radius 1 is 1.14 bits per heavy atom. The van der Waals surface area contributed by atoms with Gasteiger partial charge in [-0.05, 0) is 42.8 Å². The first-order chi connectivity index (χ1) is 9.77. The van der Waals surface area contributed by atoms with Gasteiger partial charge >= 0.3 is 12.1 Å². The predicted molar refractivity (Wildman–Crippen MR) is 69.7 cm³/mol. The summed E-state index contributed by atoms with van der Waals surface area (Å²) in [5.74, 6) is -1.61. The first-order valence-corrected chi connectivity index (χ1v) is 5.96. The molecule has 0 saturated carbocycles. The molecule has 0 radical (unpaired) electrons. The van der Waals surface area contributed by atoms with E-state index in [1.807, 2.05) is 0 Å². The van der Waals surface area contributed by atoms with Crippen LogP contribution in [-0.2, 0) is 6.18 Å². The fraction of sp³-hybridized carbons (Fsp3) is 0.133. The number of benzene rings is 2. The van der Waals surface area contributed by atoms with E-state index in [-0.39, 0.29) is 5.75 Å². The van der Waals surface area contributed by atoms with Crippen molar-refractivity contribution < 1.29 is 27.8 Å². The highest BCUT2D eigenvalue weighted by molar-refractivity contribution is 5.88. The van der Waals surface area contributed by atoms with E-state index in [0.29, 0.717) is 6.07 Å². The van der Waals surface area contributed by atoms with Crippen LogP contribution in [0.4, 0.5) is 13.2 Å². The molecular weight excluding hydrogens is 285 g/mol. The Bertz CT molecular complexity index is 678. The molecule has 6 heteroatoms. The van der Waals surface area contributed by atoms with Gasteiger partial charge in [0.25, 0.3) is 0 Å². The first-order valence-electron chi connectivity index (χ1n) is 5.96. The molecule has 0 aliphatic rings. The van der Waals surface area contributed by atoms with Crippen LogP contribution in [0.1, 0.15) is 21.5 Å². The average Bonchev–Trinajstić information content (AvgIpc) is 2.37. The zero-order valence-corrected chi connectivity index (χ0v) is 10.9. The van der Waals surface area contributed by atoms with Gasteiger partial charge in [-0.25, -0.2) is 4.79 Å². The predicted octanol–water partition coefficient (Wildman–Crippen LogP) is 4.50. The molecule has 0 amide bonds. The van der Waals surface area contributed by atoms with Gasteiger partial charge in [-0.15, -0.1) is 0 Å². The monoisotopic (exact) mass is 296 g/mol. The topological polar surface area (TPSA) is 46.5 Å². The molecule has 0 bridgehead atoms. The van der Waals surface area contributed by atoms with Gasteiger partial charge in [-0.1, -0.05) is 12.1 Å². The van der Waals surface area contributed by atoms with Crippen LogP contribution in [-0.4, -0.2) is 11.1 Å². The van der Waals surface area contributed by atoms with Gasteiger partial charge in [-0.3, -0.25) is 0 Å². The molecule has 110 valence electrons. The summed E-state index contributed by atoms with van der Waals surface area (Å²) in [6, 6.07) is 9.20. The smallest absolute Gasteiger partial charge is 0.420 e. The van der Waals surface area contributed by atoms with Crippen molar-refractivity contribution in [2.24, 2.45) is 0 Å². The molecule has 0 unspecified atom stereocenters. The van der Waals surface area contributed by atoms with Crippen molar-refractivity contribution >= 4 is 5.97 Å². The average molecular weight is 296 g/mol. The number of carboxylic acids is 1. The summed E-state index contributed by atoms with van der Waals surface area (Å²) in [6.07, 6.45) is -4.70. The van der Waals surface area contributed by atoms with Crippen molar-refractivity contribution in [3.05, 3.63) is 59.2 Å². The summed E-state index contributed by atoms with van der Waals surface area (Å²) in [5.41, 5.74) is -0.731. The molecule has 0 heterocycles. The summed E-state index contributed by atoms with van der Waals surface area (Å²) < 4.78 is 44.2. The Morgan fingerprint density at radius 3 is 2.43 bits per heavy atom. The van der Waals surface area contributed by atoms with Crippen LogP contribution < -0.4 is 4.74 Å². The third-order valence-electron chi connectivity index (χ3n) is 2.75. The maximum atomic E-state index is 13.0. The normalized spacial score (nSPS) is 11.2. The molecule has 0 aliphatic heterocycles. The second-order valence-corrected chi connectivity index (χ2v) is 4.43. The van der Waals surface area contributed by atoms with Crippen LogP contribution in [0.15, 0.2) is 42.5 Å². The third-order valence-corrected chi connectivity index (χ3v) is 2.75. The lowest BCUT2D eigenvalue weighted by atomic mass is 10.1. The summed E-state index contributed by atoms with van der Waals surface area (Å²) in [7, 11) is 0. The molecule has 0 aliphatic carbocycles. The highest BCUT2D eigenvalue weighted by Gasteiger charge is 2.35. The maximum Gasteiger partial charge on any atom is 0.420 e. The molecule has 3 nitrogen and oxygen atoms in total. The van der Waals surface area contributed by atoms with Crippen molar-refractivity contribution in [1.82, 2.24) is 0 Å². The summed E-state index contributed by atoms with van der Waals surface area (Å²) in [4.78, 5) is 10.8. The molecule has 21 heavy (non-hydrogen) atoms. The van der Waals surface area contributed by atoms with Crippen LogP contribution in [0.2, 0.25) is 0 Å². The Labute approximate surface area is 118 Å². The molecule has 2 rings (SSSR count). The summed E-state index contributed by atoms with van der Waals surface area (Å²) >= 11 is 0. The van der Waals surface area contributed by atoms with E-state index in [9.17, 15) is 18.0 Å². The highest BCUT2D eigenvalue weighted by Crippen LogP contribution is 2.38. The number of ether oxygens (including phenoxy) is 1. The van der Waals surface area contributed by atoms with Crippen molar-refractivity contribution in [2.75, 3.05) is 0 Å². The van der Waals surface area contributed by atoms with Crippen molar-refractivity contribution in [3.8, 4) is 11.5 Å². The van der Waals surface area contributed by atoms with E-state index in [2.05, 4.69) is 0 Å². The van der Waals surface area contributed by atoms with Gasteiger partial charge in [0.2, 0.25) is 0 Å². The second-order valence-electron chi connectivity index (χ2n) is 4.43. The van der Waals surface area contributed by atoms with Crippen LogP contribution in [0.25, 0.3) is 0 Å². The zero-order chi connectivity index (χ0) is 15.6. The molecule has 0 fully saturated rings. The van der Waals surface area contributed by atoms with Crippen LogP contribution in [0.5, 0.6) is 11.5 Å². The number of rotatable bonds is 3. The quantitative estimate of drug-likeness (QED) is 0.906. The largest absolute Gasteiger partial charge is 0.478 e. The van der Waals surface area contributed by atoms with Crippen LogP contribution in [0.3, 0.4) is 0 Å². The van der Waals surface area contributed by atoms with Gasteiger partial charge in [0.15, 0.2) is 0 Å². The number of aromatic carboxylic acids is 1. The highest BCUT2D eigenvalue weighted by atomic mass is 19.4. The maximum absolute atomic E-state index is 13.0. The van der Waals surface area contributed by atoms with Gasteiger partial charge in [-0.2, -0.15) is 13.2 Å².